The number of para-hydroxylation sites is 1. The monoisotopic (exact) mass is 327 g/mol. The van der Waals surface area contributed by atoms with E-state index in [0.717, 1.165) is 41.3 Å². The third kappa shape index (κ3) is 2.72. The lowest BCUT2D eigenvalue weighted by Crippen LogP contribution is -2.42. The molecule has 2 heterocycles. The summed E-state index contributed by atoms with van der Waals surface area (Å²) in [6.07, 6.45) is 2.19. The summed E-state index contributed by atoms with van der Waals surface area (Å²) in [5, 5.41) is 7.03. The molecule has 2 amide bonds. The van der Waals surface area contributed by atoms with Gasteiger partial charge in [0, 0.05) is 11.5 Å². The maximum atomic E-state index is 12.9. The van der Waals surface area contributed by atoms with Gasteiger partial charge in [0.1, 0.15) is 23.7 Å². The van der Waals surface area contributed by atoms with Crippen LogP contribution < -0.4 is 10.1 Å². The Balaban J connectivity index is 1.56. The average molecular weight is 327 g/mol. The Bertz CT molecular complexity index is 767. The molecule has 1 saturated carbocycles. The van der Waals surface area contributed by atoms with Crippen molar-refractivity contribution in [3.8, 4) is 5.75 Å². The van der Waals surface area contributed by atoms with Crippen molar-refractivity contribution in [1.82, 2.24) is 10.1 Å². The lowest BCUT2D eigenvalue weighted by Gasteiger charge is -2.26. The van der Waals surface area contributed by atoms with Gasteiger partial charge < -0.3 is 19.5 Å². The number of aromatic nitrogens is 1. The number of anilines is 1. The van der Waals surface area contributed by atoms with Crippen LogP contribution in [0.5, 0.6) is 5.75 Å². The zero-order chi connectivity index (χ0) is 16.7. The zero-order valence-electron chi connectivity index (χ0n) is 13.9. The van der Waals surface area contributed by atoms with Gasteiger partial charge in [0.05, 0.1) is 12.6 Å². The SMILES string of the molecule is Cc1noc(C2CC2)c1NC(=O)N1Cc2ccccc2OC[C@@H]1C. The van der Waals surface area contributed by atoms with Crippen molar-refractivity contribution in [1.29, 1.82) is 0 Å². The number of hydrogen-bond donors (Lipinski definition) is 1. The van der Waals surface area contributed by atoms with Crippen LogP contribution in [-0.2, 0) is 6.54 Å². The van der Waals surface area contributed by atoms with E-state index in [2.05, 4.69) is 10.5 Å². The van der Waals surface area contributed by atoms with Crippen LogP contribution in [0.1, 0.15) is 42.7 Å². The molecule has 6 nitrogen and oxygen atoms in total. The standard InChI is InChI=1S/C18H21N3O3/c1-11-10-23-15-6-4-3-5-14(15)9-21(11)18(22)19-16-12(2)20-24-17(16)13-7-8-13/h3-6,11,13H,7-10H2,1-2H3,(H,19,22)/t11-/m0/s1. The first-order valence-electron chi connectivity index (χ1n) is 8.38. The normalized spacial score (nSPS) is 20.1. The highest BCUT2D eigenvalue weighted by molar-refractivity contribution is 5.91. The van der Waals surface area contributed by atoms with Gasteiger partial charge in [0.25, 0.3) is 0 Å². The number of aryl methyl sites for hydroxylation is 1. The van der Waals surface area contributed by atoms with Crippen LogP contribution in [0.4, 0.5) is 10.5 Å². The third-order valence-corrected chi connectivity index (χ3v) is 4.66. The molecule has 1 aliphatic heterocycles. The van der Waals surface area contributed by atoms with E-state index in [1.165, 1.54) is 0 Å². The summed E-state index contributed by atoms with van der Waals surface area (Å²) in [6, 6.07) is 7.68. The fraction of sp³-hybridized carbons (Fsp3) is 0.444. The number of nitrogens with zero attached hydrogens (tertiary/aromatic N) is 2. The molecule has 6 heteroatoms. The van der Waals surface area contributed by atoms with Gasteiger partial charge in [-0.15, -0.1) is 0 Å². The Kier molecular flexibility index (Phi) is 3.67. The quantitative estimate of drug-likeness (QED) is 0.914. The fourth-order valence-corrected chi connectivity index (χ4v) is 3.03. The van der Waals surface area contributed by atoms with Crippen LogP contribution in [0.15, 0.2) is 28.8 Å². The second kappa shape index (κ2) is 5.85. The van der Waals surface area contributed by atoms with Crippen LogP contribution in [0.2, 0.25) is 0 Å². The smallest absolute Gasteiger partial charge is 0.322 e. The van der Waals surface area contributed by atoms with Gasteiger partial charge >= 0.3 is 6.03 Å². The lowest BCUT2D eigenvalue weighted by molar-refractivity contribution is 0.168. The molecule has 1 aromatic heterocycles. The Morgan fingerprint density at radius 2 is 2.12 bits per heavy atom. The highest BCUT2D eigenvalue weighted by Crippen LogP contribution is 2.44. The summed E-state index contributed by atoms with van der Waals surface area (Å²) in [5.41, 5.74) is 2.47. The van der Waals surface area contributed by atoms with E-state index in [1.807, 2.05) is 38.1 Å². The van der Waals surface area contributed by atoms with Crippen LogP contribution >= 0.6 is 0 Å². The van der Waals surface area contributed by atoms with E-state index in [0.29, 0.717) is 19.1 Å². The van der Waals surface area contributed by atoms with Gasteiger partial charge in [-0.3, -0.25) is 0 Å². The molecule has 24 heavy (non-hydrogen) atoms. The second-order valence-electron chi connectivity index (χ2n) is 6.61. The molecule has 0 bridgehead atoms. The number of benzene rings is 1. The van der Waals surface area contributed by atoms with Gasteiger partial charge in [-0.1, -0.05) is 23.4 Å². The molecule has 0 spiro atoms. The summed E-state index contributed by atoms with van der Waals surface area (Å²) in [7, 11) is 0. The van der Waals surface area contributed by atoms with Gasteiger partial charge in [0.2, 0.25) is 0 Å². The summed E-state index contributed by atoms with van der Waals surface area (Å²) in [6.45, 7) is 4.85. The molecule has 1 fully saturated rings. The van der Waals surface area contributed by atoms with E-state index in [4.69, 9.17) is 9.26 Å². The topological polar surface area (TPSA) is 67.6 Å². The number of nitrogens with one attached hydrogen (secondary N) is 1. The molecule has 1 aliphatic carbocycles. The molecular formula is C18H21N3O3. The van der Waals surface area contributed by atoms with Crippen molar-refractivity contribution in [2.24, 2.45) is 0 Å². The Hall–Kier alpha value is -2.50. The third-order valence-electron chi connectivity index (χ3n) is 4.66. The molecular weight excluding hydrogens is 306 g/mol. The molecule has 1 atom stereocenters. The predicted octanol–water partition coefficient (Wildman–Crippen LogP) is 3.68. The van der Waals surface area contributed by atoms with Crippen molar-refractivity contribution in [3.63, 3.8) is 0 Å². The molecule has 2 aromatic rings. The summed E-state index contributed by atoms with van der Waals surface area (Å²) >= 11 is 0. The van der Waals surface area contributed by atoms with Crippen LogP contribution in [0.3, 0.4) is 0 Å². The van der Waals surface area contributed by atoms with Crippen molar-refractivity contribution >= 4 is 11.7 Å². The number of rotatable bonds is 2. The number of urea groups is 1. The number of carbonyl (C=O) groups is 1. The maximum Gasteiger partial charge on any atom is 0.322 e. The highest BCUT2D eigenvalue weighted by Gasteiger charge is 2.33. The summed E-state index contributed by atoms with van der Waals surface area (Å²) in [4.78, 5) is 14.7. The van der Waals surface area contributed by atoms with Gasteiger partial charge in [0.15, 0.2) is 5.76 Å². The van der Waals surface area contributed by atoms with E-state index < -0.39 is 0 Å². The Labute approximate surface area is 140 Å². The first kappa shape index (κ1) is 15.1. The Morgan fingerprint density at radius 1 is 1.33 bits per heavy atom. The zero-order valence-corrected chi connectivity index (χ0v) is 13.9. The number of fused-ring (bicyclic) bond motifs is 1. The molecule has 126 valence electrons. The van der Waals surface area contributed by atoms with Crippen molar-refractivity contribution in [2.45, 2.75) is 45.2 Å². The molecule has 1 N–H and O–H groups in total. The van der Waals surface area contributed by atoms with E-state index in [1.54, 1.807) is 4.90 Å². The van der Waals surface area contributed by atoms with E-state index in [-0.39, 0.29) is 12.1 Å². The van der Waals surface area contributed by atoms with Gasteiger partial charge in [-0.25, -0.2) is 4.79 Å². The lowest BCUT2D eigenvalue weighted by atomic mass is 10.2. The maximum absolute atomic E-state index is 12.9. The molecule has 2 aliphatic rings. The van der Waals surface area contributed by atoms with Crippen LogP contribution in [0, 0.1) is 6.92 Å². The first-order valence-corrected chi connectivity index (χ1v) is 8.38. The second-order valence-corrected chi connectivity index (χ2v) is 6.61. The van der Waals surface area contributed by atoms with E-state index in [9.17, 15) is 4.79 Å². The number of hydrogen-bond acceptors (Lipinski definition) is 4. The molecule has 0 saturated heterocycles. The molecule has 0 radical (unpaired) electrons. The molecule has 4 rings (SSSR count). The van der Waals surface area contributed by atoms with Gasteiger partial charge in [-0.05, 0) is 32.8 Å². The van der Waals surface area contributed by atoms with E-state index >= 15 is 0 Å². The summed E-state index contributed by atoms with van der Waals surface area (Å²) in [5.74, 6) is 2.05. The van der Waals surface area contributed by atoms with Crippen LogP contribution in [0.25, 0.3) is 0 Å². The fourth-order valence-electron chi connectivity index (χ4n) is 3.03. The largest absolute Gasteiger partial charge is 0.491 e. The minimum absolute atomic E-state index is 0.0260. The van der Waals surface area contributed by atoms with Gasteiger partial charge in [-0.2, -0.15) is 0 Å². The predicted molar refractivity (Wildman–Crippen MR) is 89.2 cm³/mol. The van der Waals surface area contributed by atoms with Crippen molar-refractivity contribution < 1.29 is 14.1 Å². The Morgan fingerprint density at radius 3 is 2.92 bits per heavy atom. The number of amides is 2. The number of carbonyl (C=O) groups excluding carboxylic acids is 1. The first-order chi connectivity index (χ1) is 11.6. The summed E-state index contributed by atoms with van der Waals surface area (Å²) < 4.78 is 11.2. The minimum Gasteiger partial charge on any atom is -0.491 e. The average Bonchev–Trinajstić information content (AvgIpc) is 3.37. The van der Waals surface area contributed by atoms with Crippen molar-refractivity contribution in [3.05, 3.63) is 41.3 Å². The molecule has 0 unspecified atom stereocenters. The van der Waals surface area contributed by atoms with Crippen molar-refractivity contribution in [2.75, 3.05) is 11.9 Å². The molecule has 1 aromatic carbocycles. The van der Waals surface area contributed by atoms with Crippen LogP contribution in [-0.4, -0.2) is 28.7 Å². The number of ether oxygens (including phenoxy) is 1. The highest BCUT2D eigenvalue weighted by atomic mass is 16.5. The minimum atomic E-state index is -0.143.